The normalized spacial score (nSPS) is 12.4. The number of nitrogens with zero attached hydrogens (tertiary/aromatic N) is 1. The van der Waals surface area contributed by atoms with Crippen molar-refractivity contribution in [2.75, 3.05) is 11.1 Å². The molecule has 0 aliphatic heterocycles. The lowest BCUT2D eigenvalue weighted by atomic mass is 10.2. The maximum absolute atomic E-state index is 5.85. The summed E-state index contributed by atoms with van der Waals surface area (Å²) in [6.45, 7) is 6.01. The van der Waals surface area contributed by atoms with Gasteiger partial charge in [0.25, 0.3) is 0 Å². The molecule has 3 N–H and O–H groups in total. The molecule has 0 aliphatic carbocycles. The number of nitrogen functional groups attached to an aromatic ring is 1. The Balaban J connectivity index is 2.12. The van der Waals surface area contributed by atoms with Crippen LogP contribution in [-0.4, -0.2) is 11.1 Å². The Morgan fingerprint density at radius 1 is 1.26 bits per heavy atom. The topological polar surface area (TPSA) is 60.2 Å². The minimum atomic E-state index is 0.0553. The van der Waals surface area contributed by atoms with Crippen LogP contribution in [0, 0.1) is 0 Å². The van der Waals surface area contributed by atoms with E-state index < -0.39 is 0 Å². The fraction of sp³-hybridized carbons (Fsp3) is 0.357. The number of pyridine rings is 1. The van der Waals surface area contributed by atoms with Crippen LogP contribution in [-0.2, 0) is 0 Å². The van der Waals surface area contributed by atoms with E-state index >= 15 is 0 Å². The number of hydrogen-bond donors (Lipinski definition) is 2. The summed E-state index contributed by atoms with van der Waals surface area (Å²) in [5.41, 5.74) is 6.41. The summed E-state index contributed by atoms with van der Waals surface area (Å²) in [4.78, 5) is 5.68. The van der Waals surface area contributed by atoms with E-state index in [1.807, 2.05) is 32.0 Å². The van der Waals surface area contributed by atoms with E-state index in [-0.39, 0.29) is 12.1 Å². The molecule has 102 valence electrons. The van der Waals surface area contributed by atoms with Crippen molar-refractivity contribution < 1.29 is 4.74 Å². The Morgan fingerprint density at radius 3 is 2.68 bits per heavy atom. The lowest BCUT2D eigenvalue weighted by Crippen LogP contribution is -2.11. The Hall–Kier alpha value is -1.75. The number of anilines is 2. The second-order valence-electron chi connectivity index (χ2n) is 4.64. The van der Waals surface area contributed by atoms with Crippen LogP contribution in [0.4, 0.5) is 11.5 Å². The zero-order valence-corrected chi connectivity index (χ0v) is 12.2. The molecule has 0 fully saturated rings. The molecule has 1 unspecified atom stereocenters. The molecule has 1 atom stereocenters. The molecular formula is C14H19N3OS. The van der Waals surface area contributed by atoms with Gasteiger partial charge in [-0.3, -0.25) is 0 Å². The Kier molecular flexibility index (Phi) is 4.27. The first-order valence-corrected chi connectivity index (χ1v) is 7.17. The standard InChI is InChI=1S/C14H19N3OS/c1-9(2)18-14-11(15)6-7-13(17-14)16-10(3)12-5-4-8-19-12/h4-10H,15H2,1-3H3,(H,16,17). The molecule has 0 aromatic carbocycles. The fourth-order valence-corrected chi connectivity index (χ4v) is 2.41. The molecule has 0 spiro atoms. The van der Waals surface area contributed by atoms with Crippen LogP contribution in [0.1, 0.15) is 31.7 Å². The fourth-order valence-electron chi connectivity index (χ4n) is 1.68. The maximum atomic E-state index is 5.85. The number of nitrogens with two attached hydrogens (primary N) is 1. The summed E-state index contributed by atoms with van der Waals surface area (Å²) in [6, 6.07) is 8.04. The van der Waals surface area contributed by atoms with E-state index in [4.69, 9.17) is 10.5 Å². The van der Waals surface area contributed by atoms with Gasteiger partial charge in [-0.2, -0.15) is 4.98 Å². The van der Waals surface area contributed by atoms with E-state index in [2.05, 4.69) is 28.7 Å². The summed E-state index contributed by atoms with van der Waals surface area (Å²) in [7, 11) is 0. The van der Waals surface area contributed by atoms with Crippen molar-refractivity contribution >= 4 is 22.8 Å². The predicted molar refractivity (Wildman–Crippen MR) is 80.8 cm³/mol. The smallest absolute Gasteiger partial charge is 0.239 e. The molecule has 0 bridgehead atoms. The molecule has 2 heterocycles. The molecule has 2 aromatic rings. The molecule has 0 saturated carbocycles. The van der Waals surface area contributed by atoms with Crippen molar-refractivity contribution in [2.24, 2.45) is 0 Å². The van der Waals surface area contributed by atoms with Crippen LogP contribution in [0.2, 0.25) is 0 Å². The quantitative estimate of drug-likeness (QED) is 0.875. The van der Waals surface area contributed by atoms with Gasteiger partial charge >= 0.3 is 0 Å². The number of rotatable bonds is 5. The lowest BCUT2D eigenvalue weighted by molar-refractivity contribution is 0.234. The number of aromatic nitrogens is 1. The maximum Gasteiger partial charge on any atom is 0.239 e. The van der Waals surface area contributed by atoms with Crippen LogP contribution in [0.5, 0.6) is 5.88 Å². The SMILES string of the molecule is CC(C)Oc1nc(NC(C)c2cccs2)ccc1N. The highest BCUT2D eigenvalue weighted by Gasteiger charge is 2.10. The van der Waals surface area contributed by atoms with Gasteiger partial charge in [0.05, 0.1) is 17.8 Å². The third-order valence-corrected chi connectivity index (χ3v) is 3.63. The molecule has 0 saturated heterocycles. The first kappa shape index (κ1) is 13.7. The van der Waals surface area contributed by atoms with Gasteiger partial charge in [0.2, 0.25) is 5.88 Å². The van der Waals surface area contributed by atoms with Crippen LogP contribution in [0.15, 0.2) is 29.6 Å². The Morgan fingerprint density at radius 2 is 2.05 bits per heavy atom. The minimum absolute atomic E-state index is 0.0553. The molecular weight excluding hydrogens is 258 g/mol. The summed E-state index contributed by atoms with van der Waals surface area (Å²) in [5.74, 6) is 1.25. The number of hydrogen-bond acceptors (Lipinski definition) is 5. The zero-order chi connectivity index (χ0) is 13.8. The highest BCUT2D eigenvalue weighted by Crippen LogP contribution is 2.26. The molecule has 5 heteroatoms. The number of thiophene rings is 1. The van der Waals surface area contributed by atoms with Crippen molar-refractivity contribution in [1.82, 2.24) is 4.98 Å². The Labute approximate surface area is 117 Å². The molecule has 2 aromatic heterocycles. The van der Waals surface area contributed by atoms with Gasteiger partial charge in [0, 0.05) is 4.88 Å². The zero-order valence-electron chi connectivity index (χ0n) is 11.4. The molecule has 0 aliphatic rings. The van der Waals surface area contributed by atoms with Crippen molar-refractivity contribution in [1.29, 1.82) is 0 Å². The van der Waals surface area contributed by atoms with Gasteiger partial charge in [0.15, 0.2) is 0 Å². The van der Waals surface area contributed by atoms with Crippen LogP contribution < -0.4 is 15.8 Å². The summed E-state index contributed by atoms with van der Waals surface area (Å²) in [6.07, 6.45) is 0.0553. The van der Waals surface area contributed by atoms with Crippen molar-refractivity contribution in [3.8, 4) is 5.88 Å². The van der Waals surface area contributed by atoms with Crippen LogP contribution >= 0.6 is 11.3 Å². The molecule has 19 heavy (non-hydrogen) atoms. The monoisotopic (exact) mass is 277 g/mol. The average molecular weight is 277 g/mol. The number of ether oxygens (including phenoxy) is 1. The number of nitrogens with one attached hydrogen (secondary N) is 1. The van der Waals surface area contributed by atoms with E-state index in [1.165, 1.54) is 4.88 Å². The van der Waals surface area contributed by atoms with Gasteiger partial charge in [0.1, 0.15) is 5.82 Å². The van der Waals surface area contributed by atoms with Gasteiger partial charge in [-0.05, 0) is 44.4 Å². The minimum Gasteiger partial charge on any atom is -0.473 e. The highest BCUT2D eigenvalue weighted by atomic mass is 32.1. The van der Waals surface area contributed by atoms with Crippen molar-refractivity contribution in [3.05, 3.63) is 34.5 Å². The second kappa shape index (κ2) is 5.93. The Bertz CT molecular complexity index is 525. The third-order valence-electron chi connectivity index (χ3n) is 2.57. The largest absolute Gasteiger partial charge is 0.473 e. The summed E-state index contributed by atoms with van der Waals surface area (Å²) < 4.78 is 5.58. The molecule has 2 rings (SSSR count). The third kappa shape index (κ3) is 3.61. The van der Waals surface area contributed by atoms with Crippen LogP contribution in [0.25, 0.3) is 0 Å². The van der Waals surface area contributed by atoms with E-state index in [9.17, 15) is 0 Å². The van der Waals surface area contributed by atoms with Crippen molar-refractivity contribution in [3.63, 3.8) is 0 Å². The highest BCUT2D eigenvalue weighted by molar-refractivity contribution is 7.10. The van der Waals surface area contributed by atoms with E-state index in [0.717, 1.165) is 5.82 Å². The van der Waals surface area contributed by atoms with E-state index in [0.29, 0.717) is 11.6 Å². The second-order valence-corrected chi connectivity index (χ2v) is 5.62. The molecule has 0 radical (unpaired) electrons. The van der Waals surface area contributed by atoms with Gasteiger partial charge in [-0.1, -0.05) is 6.07 Å². The average Bonchev–Trinajstić information content (AvgIpc) is 2.86. The van der Waals surface area contributed by atoms with Gasteiger partial charge < -0.3 is 15.8 Å². The van der Waals surface area contributed by atoms with E-state index in [1.54, 1.807) is 11.3 Å². The summed E-state index contributed by atoms with van der Waals surface area (Å²) in [5, 5.41) is 5.42. The van der Waals surface area contributed by atoms with Gasteiger partial charge in [-0.25, -0.2) is 0 Å². The molecule has 0 amide bonds. The van der Waals surface area contributed by atoms with Crippen LogP contribution in [0.3, 0.4) is 0 Å². The van der Waals surface area contributed by atoms with Gasteiger partial charge in [-0.15, -0.1) is 11.3 Å². The first-order valence-electron chi connectivity index (χ1n) is 6.29. The first-order chi connectivity index (χ1) is 9.06. The summed E-state index contributed by atoms with van der Waals surface area (Å²) >= 11 is 1.72. The lowest BCUT2D eigenvalue weighted by Gasteiger charge is -2.16. The molecule has 4 nitrogen and oxygen atoms in total. The van der Waals surface area contributed by atoms with Crippen molar-refractivity contribution in [2.45, 2.75) is 32.9 Å². The predicted octanol–water partition coefficient (Wildman–Crippen LogP) is 3.69.